The maximum absolute atomic E-state index is 13.2. The minimum atomic E-state index is -1.31. The van der Waals surface area contributed by atoms with Gasteiger partial charge in [0.25, 0.3) is 0 Å². The monoisotopic (exact) mass is 583 g/mol. The van der Waals surface area contributed by atoms with Crippen molar-refractivity contribution in [2.24, 2.45) is 11.3 Å². The number of ether oxygens (including phenoxy) is 2. The van der Waals surface area contributed by atoms with Gasteiger partial charge in [-0.2, -0.15) is 0 Å². The normalized spacial score (nSPS) is 37.0. The van der Waals surface area contributed by atoms with E-state index in [2.05, 4.69) is 64.7 Å². The van der Waals surface area contributed by atoms with Crippen molar-refractivity contribution in [2.45, 2.75) is 128 Å². The Labute approximate surface area is 254 Å². The molecule has 6 heteroatoms. The van der Waals surface area contributed by atoms with E-state index >= 15 is 0 Å². The molecule has 1 saturated carbocycles. The van der Waals surface area contributed by atoms with Crippen LogP contribution in [0.3, 0.4) is 0 Å². The predicted molar refractivity (Wildman–Crippen MR) is 167 cm³/mol. The number of carbonyl (C=O) groups excluding carboxylic acids is 1. The number of H-pyrrole nitrogens is 1. The number of benzene rings is 1. The van der Waals surface area contributed by atoms with Crippen LogP contribution in [0.2, 0.25) is 0 Å². The highest BCUT2D eigenvalue weighted by Crippen LogP contribution is 2.69. The molecule has 4 aliphatic carbocycles. The highest BCUT2D eigenvalue weighted by Gasteiger charge is 2.69. The smallest absolute Gasteiger partial charge is 0.199 e. The zero-order chi connectivity index (χ0) is 30.7. The first-order valence-corrected chi connectivity index (χ1v) is 16.1. The number of fused-ring (bicyclic) bond motifs is 11. The summed E-state index contributed by atoms with van der Waals surface area (Å²) < 4.78 is 12.7. The Morgan fingerprint density at radius 2 is 1.84 bits per heavy atom. The van der Waals surface area contributed by atoms with Crippen molar-refractivity contribution in [2.75, 3.05) is 0 Å². The van der Waals surface area contributed by atoms with E-state index in [0.29, 0.717) is 30.1 Å². The molecule has 0 radical (unpaired) electrons. The zero-order valence-electron chi connectivity index (χ0n) is 26.8. The number of hydrogen-bond acceptors (Lipinski definition) is 5. The highest BCUT2D eigenvalue weighted by atomic mass is 16.5. The van der Waals surface area contributed by atoms with Crippen LogP contribution < -0.4 is 0 Å². The number of hydrogen-bond donors (Lipinski definition) is 3. The molecule has 0 bridgehead atoms. The van der Waals surface area contributed by atoms with Gasteiger partial charge in [0.15, 0.2) is 11.9 Å². The van der Waals surface area contributed by atoms with E-state index < -0.39 is 22.7 Å². The average Bonchev–Trinajstić information content (AvgIpc) is 3.52. The fourth-order valence-corrected chi connectivity index (χ4v) is 10.4. The lowest BCUT2D eigenvalue weighted by Gasteiger charge is -2.62. The van der Waals surface area contributed by atoms with Gasteiger partial charge < -0.3 is 24.7 Å². The second kappa shape index (κ2) is 7.94. The van der Waals surface area contributed by atoms with E-state index in [1.54, 1.807) is 19.9 Å². The fraction of sp³-hybridized carbons (Fsp3) is 0.595. The van der Waals surface area contributed by atoms with Crippen LogP contribution in [0.1, 0.15) is 103 Å². The Balaban J connectivity index is 1.24. The van der Waals surface area contributed by atoms with Crippen LogP contribution in [0, 0.1) is 11.3 Å². The molecule has 5 atom stereocenters. The lowest BCUT2D eigenvalue weighted by Crippen LogP contribution is -2.65. The summed E-state index contributed by atoms with van der Waals surface area (Å²) in [6.07, 6.45) is 7.54. The van der Waals surface area contributed by atoms with Gasteiger partial charge >= 0.3 is 0 Å². The van der Waals surface area contributed by atoms with Gasteiger partial charge in [0, 0.05) is 39.4 Å². The van der Waals surface area contributed by atoms with Crippen molar-refractivity contribution in [1.82, 2.24) is 4.98 Å². The van der Waals surface area contributed by atoms with Crippen LogP contribution in [0.4, 0.5) is 0 Å². The molecule has 3 heterocycles. The van der Waals surface area contributed by atoms with Crippen molar-refractivity contribution in [3.8, 4) is 0 Å². The number of allylic oxidation sites excluding steroid dienone is 1. The molecule has 6 nitrogen and oxygen atoms in total. The Bertz CT molecular complexity index is 1740. The lowest BCUT2D eigenvalue weighted by molar-refractivity contribution is -0.157. The number of ketones is 1. The van der Waals surface area contributed by atoms with Crippen LogP contribution >= 0.6 is 0 Å². The second-order valence-electron chi connectivity index (χ2n) is 16.4. The molecule has 0 amide bonds. The van der Waals surface area contributed by atoms with E-state index in [-0.39, 0.29) is 22.4 Å². The molecule has 228 valence electrons. The van der Waals surface area contributed by atoms with Gasteiger partial charge in [-0.25, -0.2) is 0 Å². The maximum Gasteiger partial charge on any atom is 0.199 e. The minimum absolute atomic E-state index is 0.211. The summed E-state index contributed by atoms with van der Waals surface area (Å²) in [5.41, 5.74) is 6.08. The van der Waals surface area contributed by atoms with Gasteiger partial charge in [0.1, 0.15) is 11.4 Å². The third kappa shape index (κ3) is 3.33. The van der Waals surface area contributed by atoms with Crippen molar-refractivity contribution >= 4 is 22.3 Å². The first-order chi connectivity index (χ1) is 19.9. The third-order valence-electron chi connectivity index (χ3n) is 12.6. The van der Waals surface area contributed by atoms with Gasteiger partial charge in [-0.3, -0.25) is 4.79 Å². The van der Waals surface area contributed by atoms with Crippen molar-refractivity contribution in [1.29, 1.82) is 0 Å². The van der Waals surface area contributed by atoms with Crippen LogP contribution in [0.15, 0.2) is 41.2 Å². The Hall–Kier alpha value is -2.67. The first-order valence-electron chi connectivity index (χ1n) is 16.1. The Morgan fingerprint density at radius 1 is 1.09 bits per heavy atom. The van der Waals surface area contributed by atoms with Gasteiger partial charge in [-0.15, -0.1) is 0 Å². The van der Waals surface area contributed by atoms with Gasteiger partial charge in [0.05, 0.1) is 16.8 Å². The molecule has 6 aliphatic rings. The maximum atomic E-state index is 13.2. The number of rotatable bonds is 1. The van der Waals surface area contributed by atoms with Crippen LogP contribution in [-0.2, 0) is 32.5 Å². The molecule has 43 heavy (non-hydrogen) atoms. The molecular weight excluding hydrogens is 538 g/mol. The van der Waals surface area contributed by atoms with Crippen molar-refractivity contribution in [3.05, 3.63) is 63.6 Å². The molecule has 0 saturated heterocycles. The Morgan fingerprint density at radius 3 is 2.56 bits per heavy atom. The molecular formula is C37H45NO5. The predicted octanol–water partition coefficient (Wildman–Crippen LogP) is 6.37. The quantitative estimate of drug-likeness (QED) is 0.363. The summed E-state index contributed by atoms with van der Waals surface area (Å²) in [4.78, 5) is 17.1. The number of carbonyl (C=O) groups is 1. The van der Waals surface area contributed by atoms with Crippen molar-refractivity contribution < 1.29 is 24.5 Å². The lowest BCUT2D eigenvalue weighted by atomic mass is 9.44. The fourth-order valence-electron chi connectivity index (χ4n) is 10.4. The molecule has 1 fully saturated rings. The van der Waals surface area contributed by atoms with Crippen LogP contribution in [0.25, 0.3) is 16.5 Å². The minimum Gasteiger partial charge on any atom is -0.479 e. The summed E-state index contributed by atoms with van der Waals surface area (Å²) in [6, 6.07) is 4.81. The molecule has 2 aromatic rings. The molecule has 0 spiro atoms. The SMILES string of the molecule is CC1(C)CC2=C(Cc3cc4c5c([nH]c4cc32)C2(C)C(CCC3(O)C4=CC(=O)C(C(C)(C)O)OC4=CCC32C)C5)C(C)(C)O1. The number of aliphatic hydroxyl groups is 2. The zero-order valence-corrected chi connectivity index (χ0v) is 26.8. The van der Waals surface area contributed by atoms with Crippen LogP contribution in [0.5, 0.6) is 0 Å². The van der Waals surface area contributed by atoms with Crippen LogP contribution in [-0.4, -0.2) is 49.5 Å². The molecule has 2 aliphatic heterocycles. The molecule has 5 unspecified atom stereocenters. The molecule has 1 aromatic carbocycles. The van der Waals surface area contributed by atoms with Gasteiger partial charge in [0.2, 0.25) is 0 Å². The van der Waals surface area contributed by atoms with E-state index in [0.717, 1.165) is 25.7 Å². The second-order valence-corrected chi connectivity index (χ2v) is 16.4. The summed E-state index contributed by atoms with van der Waals surface area (Å²) in [6.45, 7) is 16.5. The van der Waals surface area contributed by atoms with E-state index in [4.69, 9.17) is 9.47 Å². The summed E-state index contributed by atoms with van der Waals surface area (Å²) >= 11 is 0. The largest absolute Gasteiger partial charge is 0.479 e. The van der Waals surface area contributed by atoms with Gasteiger partial charge in [-0.05, 0) is 132 Å². The Kier molecular flexibility index (Phi) is 5.14. The summed E-state index contributed by atoms with van der Waals surface area (Å²) in [7, 11) is 0. The average molecular weight is 584 g/mol. The topological polar surface area (TPSA) is 91.8 Å². The first kappa shape index (κ1) is 27.8. The third-order valence-corrected chi connectivity index (χ3v) is 12.6. The molecule has 1 aromatic heterocycles. The number of aromatic amines is 1. The molecule has 3 N–H and O–H groups in total. The van der Waals surface area contributed by atoms with E-state index in [9.17, 15) is 15.0 Å². The molecule has 8 rings (SSSR count). The summed E-state index contributed by atoms with van der Waals surface area (Å²) in [5, 5.41) is 24.6. The van der Waals surface area contributed by atoms with Gasteiger partial charge in [-0.1, -0.05) is 13.8 Å². The number of aromatic nitrogens is 1. The summed E-state index contributed by atoms with van der Waals surface area (Å²) in [5.74, 6) is 0.646. The standard InChI is InChI=1S/C37H45NO5/c1-32(2)18-24-21-16-27-22(13-19(21)14-25(24)34(5,6)43-32)23-15-20-9-12-37(41)26-17-28(39)31(33(3,4)40)42-29(26)10-11-35(37,7)36(20,8)30(23)38-27/h10,13,16-17,20,31,38,40-41H,9,11-12,14-15,18H2,1-8H3. The van der Waals surface area contributed by atoms with E-state index in [1.165, 1.54) is 44.4 Å². The van der Waals surface area contributed by atoms with E-state index in [1.807, 2.05) is 0 Å². The highest BCUT2D eigenvalue weighted by molar-refractivity contribution is 5.97. The number of nitrogens with one attached hydrogen (secondary N) is 1. The van der Waals surface area contributed by atoms with Crippen molar-refractivity contribution in [3.63, 3.8) is 0 Å².